The number of halogens is 1. The first-order valence-corrected chi connectivity index (χ1v) is 5.63. The Hall–Kier alpha value is -1.44. The van der Waals surface area contributed by atoms with Crippen molar-refractivity contribution >= 4 is 0 Å². The van der Waals surface area contributed by atoms with Crippen molar-refractivity contribution in [1.29, 1.82) is 5.26 Å². The molecule has 0 saturated carbocycles. The van der Waals surface area contributed by atoms with Crippen molar-refractivity contribution in [2.75, 3.05) is 19.8 Å². The van der Waals surface area contributed by atoms with E-state index < -0.39 is 0 Å². The van der Waals surface area contributed by atoms with Crippen LogP contribution in [0.15, 0.2) is 18.2 Å². The van der Waals surface area contributed by atoms with Gasteiger partial charge in [-0.15, -0.1) is 0 Å². The molecule has 3 nitrogen and oxygen atoms in total. The monoisotopic (exact) mass is 235 g/mol. The topological polar surface area (TPSA) is 42.2 Å². The van der Waals surface area contributed by atoms with E-state index in [4.69, 9.17) is 14.7 Å². The molecule has 0 aromatic heterocycles. The molecular formula is C13H14FNO2. The molecule has 0 N–H and O–H groups in total. The lowest BCUT2D eigenvalue weighted by Crippen LogP contribution is -2.09. The van der Waals surface area contributed by atoms with Gasteiger partial charge in [0.05, 0.1) is 31.5 Å². The van der Waals surface area contributed by atoms with Crippen LogP contribution in [0.5, 0.6) is 0 Å². The molecule has 0 spiro atoms. The van der Waals surface area contributed by atoms with Crippen molar-refractivity contribution in [3.8, 4) is 6.07 Å². The second-order valence-electron chi connectivity index (χ2n) is 4.16. The van der Waals surface area contributed by atoms with E-state index in [9.17, 15) is 4.39 Å². The summed E-state index contributed by atoms with van der Waals surface area (Å²) in [5.41, 5.74) is 0.886. The first kappa shape index (κ1) is 12.0. The Morgan fingerprint density at radius 2 is 2.41 bits per heavy atom. The summed E-state index contributed by atoms with van der Waals surface area (Å²) in [4.78, 5) is 0. The van der Waals surface area contributed by atoms with E-state index in [0.29, 0.717) is 23.7 Å². The molecule has 1 fully saturated rings. The van der Waals surface area contributed by atoms with E-state index >= 15 is 0 Å². The van der Waals surface area contributed by atoms with Gasteiger partial charge in [-0.25, -0.2) is 4.39 Å². The van der Waals surface area contributed by atoms with Crippen LogP contribution in [0, 0.1) is 23.1 Å². The van der Waals surface area contributed by atoms with Gasteiger partial charge in [-0.1, -0.05) is 0 Å². The molecule has 90 valence electrons. The molecule has 0 radical (unpaired) electrons. The third-order valence-corrected chi connectivity index (χ3v) is 2.81. The molecule has 0 amide bonds. The van der Waals surface area contributed by atoms with Gasteiger partial charge in [0.1, 0.15) is 5.82 Å². The van der Waals surface area contributed by atoms with Crippen LogP contribution in [0.3, 0.4) is 0 Å². The largest absolute Gasteiger partial charge is 0.381 e. The van der Waals surface area contributed by atoms with Gasteiger partial charge < -0.3 is 9.47 Å². The third kappa shape index (κ3) is 3.26. The molecule has 0 bridgehead atoms. The normalized spacial score (nSPS) is 19.2. The van der Waals surface area contributed by atoms with Gasteiger partial charge in [-0.05, 0) is 24.6 Å². The van der Waals surface area contributed by atoms with Crippen molar-refractivity contribution in [2.24, 2.45) is 5.92 Å². The molecule has 0 aliphatic carbocycles. The number of hydrogen-bond acceptors (Lipinski definition) is 3. The van der Waals surface area contributed by atoms with Gasteiger partial charge in [-0.2, -0.15) is 5.26 Å². The number of rotatable bonds is 4. The Labute approximate surface area is 99.8 Å². The highest BCUT2D eigenvalue weighted by molar-refractivity contribution is 5.33. The predicted octanol–water partition coefficient (Wildman–Crippen LogP) is 2.25. The second kappa shape index (κ2) is 5.76. The lowest BCUT2D eigenvalue weighted by Gasteiger charge is -2.09. The highest BCUT2D eigenvalue weighted by Gasteiger charge is 2.15. The first-order chi connectivity index (χ1) is 8.29. The average molecular weight is 235 g/mol. The van der Waals surface area contributed by atoms with Crippen molar-refractivity contribution in [3.05, 3.63) is 35.1 Å². The fourth-order valence-electron chi connectivity index (χ4n) is 1.81. The number of ether oxygens (including phenoxy) is 2. The van der Waals surface area contributed by atoms with Gasteiger partial charge in [0.25, 0.3) is 0 Å². The van der Waals surface area contributed by atoms with E-state index in [1.807, 2.05) is 6.07 Å². The minimum absolute atomic E-state index is 0.206. The summed E-state index contributed by atoms with van der Waals surface area (Å²) in [5, 5.41) is 8.72. The smallest absolute Gasteiger partial charge is 0.128 e. The maximum atomic E-state index is 13.4. The molecule has 1 aliphatic heterocycles. The number of nitriles is 1. The highest BCUT2D eigenvalue weighted by atomic mass is 19.1. The Morgan fingerprint density at radius 1 is 1.53 bits per heavy atom. The summed E-state index contributed by atoms with van der Waals surface area (Å²) in [5.74, 6) is 0.0869. The van der Waals surface area contributed by atoms with Crippen molar-refractivity contribution in [1.82, 2.24) is 0 Å². The lowest BCUT2D eigenvalue weighted by molar-refractivity contribution is 0.0775. The first-order valence-electron chi connectivity index (χ1n) is 5.63. The summed E-state index contributed by atoms with van der Waals surface area (Å²) >= 11 is 0. The van der Waals surface area contributed by atoms with Crippen LogP contribution in [-0.2, 0) is 16.1 Å². The Bertz CT molecular complexity index is 422. The fraction of sp³-hybridized carbons (Fsp3) is 0.462. The number of hydrogen-bond donors (Lipinski definition) is 0. The van der Waals surface area contributed by atoms with E-state index in [1.165, 1.54) is 18.2 Å². The molecule has 17 heavy (non-hydrogen) atoms. The van der Waals surface area contributed by atoms with Crippen LogP contribution in [0.2, 0.25) is 0 Å². The molecule has 1 unspecified atom stereocenters. The quantitative estimate of drug-likeness (QED) is 0.803. The Morgan fingerprint density at radius 3 is 3.12 bits per heavy atom. The Kier molecular flexibility index (Phi) is 4.08. The van der Waals surface area contributed by atoms with Crippen molar-refractivity contribution in [3.63, 3.8) is 0 Å². The zero-order valence-corrected chi connectivity index (χ0v) is 9.49. The van der Waals surface area contributed by atoms with Gasteiger partial charge in [0, 0.05) is 18.1 Å². The summed E-state index contributed by atoms with van der Waals surface area (Å²) in [6.07, 6.45) is 1.00. The van der Waals surface area contributed by atoms with Crippen LogP contribution >= 0.6 is 0 Å². The second-order valence-corrected chi connectivity index (χ2v) is 4.16. The van der Waals surface area contributed by atoms with Gasteiger partial charge >= 0.3 is 0 Å². The van der Waals surface area contributed by atoms with Gasteiger partial charge in [0.2, 0.25) is 0 Å². The lowest BCUT2D eigenvalue weighted by atomic mass is 10.1. The maximum Gasteiger partial charge on any atom is 0.128 e. The van der Waals surface area contributed by atoms with Crippen molar-refractivity contribution in [2.45, 2.75) is 13.0 Å². The standard InChI is InChI=1S/C13H14FNO2/c14-13-2-1-10(6-15)5-12(13)9-17-8-11-3-4-16-7-11/h1-2,5,11H,3-4,7-9H2. The van der Waals surface area contributed by atoms with Crippen LogP contribution in [0.25, 0.3) is 0 Å². The molecule has 2 rings (SSSR count). The molecule has 1 aromatic rings. The molecule has 1 aliphatic rings. The highest BCUT2D eigenvalue weighted by Crippen LogP contribution is 2.15. The zero-order valence-electron chi connectivity index (χ0n) is 9.49. The number of nitrogens with zero attached hydrogens (tertiary/aromatic N) is 1. The molecule has 1 atom stereocenters. The maximum absolute atomic E-state index is 13.4. The molecule has 1 aromatic carbocycles. The van der Waals surface area contributed by atoms with Crippen LogP contribution in [-0.4, -0.2) is 19.8 Å². The third-order valence-electron chi connectivity index (χ3n) is 2.81. The van der Waals surface area contributed by atoms with Gasteiger partial charge in [0.15, 0.2) is 0 Å². The van der Waals surface area contributed by atoms with Crippen molar-refractivity contribution < 1.29 is 13.9 Å². The van der Waals surface area contributed by atoms with E-state index in [2.05, 4.69) is 0 Å². The SMILES string of the molecule is N#Cc1ccc(F)c(COCC2CCOC2)c1. The summed E-state index contributed by atoms with van der Waals surface area (Å²) < 4.78 is 24.1. The van der Waals surface area contributed by atoms with E-state index in [-0.39, 0.29) is 12.4 Å². The summed E-state index contributed by atoms with van der Waals surface area (Å²) in [6.45, 7) is 2.29. The fourth-order valence-corrected chi connectivity index (χ4v) is 1.81. The van der Waals surface area contributed by atoms with Crippen LogP contribution in [0.4, 0.5) is 4.39 Å². The van der Waals surface area contributed by atoms with E-state index in [1.54, 1.807) is 0 Å². The average Bonchev–Trinajstić information content (AvgIpc) is 2.84. The summed E-state index contributed by atoms with van der Waals surface area (Å²) in [7, 11) is 0. The summed E-state index contributed by atoms with van der Waals surface area (Å²) in [6, 6.07) is 6.28. The molecular weight excluding hydrogens is 221 g/mol. The van der Waals surface area contributed by atoms with E-state index in [0.717, 1.165) is 19.6 Å². The minimum atomic E-state index is -0.327. The van der Waals surface area contributed by atoms with Gasteiger partial charge in [-0.3, -0.25) is 0 Å². The minimum Gasteiger partial charge on any atom is -0.381 e. The molecule has 4 heteroatoms. The number of benzene rings is 1. The zero-order chi connectivity index (χ0) is 12.1. The Balaban J connectivity index is 1.87. The van der Waals surface area contributed by atoms with Crippen LogP contribution < -0.4 is 0 Å². The molecule has 1 saturated heterocycles. The van der Waals surface area contributed by atoms with Crippen LogP contribution in [0.1, 0.15) is 17.5 Å². The predicted molar refractivity (Wildman–Crippen MR) is 59.7 cm³/mol. The molecule has 1 heterocycles.